The Morgan fingerprint density at radius 2 is 2.16 bits per heavy atom. The van der Waals surface area contributed by atoms with E-state index in [4.69, 9.17) is 0 Å². The lowest BCUT2D eigenvalue weighted by molar-refractivity contribution is -0.116. The first-order valence-electron chi connectivity index (χ1n) is 5.52. The number of amides is 2. The average Bonchev–Trinajstić information content (AvgIpc) is 2.61. The normalized spacial score (nSPS) is 16.8. The zero-order valence-electron chi connectivity index (χ0n) is 10.1. The van der Waals surface area contributed by atoms with Crippen LogP contribution >= 0.6 is 11.8 Å². The molecule has 1 aliphatic heterocycles. The van der Waals surface area contributed by atoms with Crippen LogP contribution in [0.1, 0.15) is 18.1 Å². The predicted molar refractivity (Wildman–Crippen MR) is 71.6 cm³/mol. The molecule has 0 radical (unpaired) electrons. The molecule has 0 saturated carbocycles. The smallest absolute Gasteiger partial charge is 0.290 e. The highest BCUT2D eigenvalue weighted by atomic mass is 32.2. The number of imide groups is 1. The van der Waals surface area contributed by atoms with E-state index in [1.54, 1.807) is 18.2 Å². The van der Waals surface area contributed by atoms with Crippen molar-refractivity contribution in [2.75, 3.05) is 0 Å². The first kappa shape index (κ1) is 13.4. The molecule has 98 valence electrons. The molecule has 1 saturated heterocycles. The quantitative estimate of drug-likeness (QED) is 0.824. The summed E-state index contributed by atoms with van der Waals surface area (Å²) in [6.45, 7) is 1.43. The summed E-state index contributed by atoms with van der Waals surface area (Å²) in [5, 5.41) is 11.4. The standard InChI is InChI=1S/C13H11NO4S/c1-7(15)4-9-5-8(2-3-10(9)16)6-11-12(17)14-13(18)19-11/h2-3,5-6,16H,4H2,1H3,(H,14,17,18)/b11-6+. The summed E-state index contributed by atoms with van der Waals surface area (Å²) < 4.78 is 0. The summed E-state index contributed by atoms with van der Waals surface area (Å²) in [5.41, 5.74) is 1.15. The Hall–Kier alpha value is -2.08. The monoisotopic (exact) mass is 277 g/mol. The van der Waals surface area contributed by atoms with Gasteiger partial charge >= 0.3 is 0 Å². The zero-order valence-corrected chi connectivity index (χ0v) is 10.9. The number of carbonyl (C=O) groups is 3. The summed E-state index contributed by atoms with van der Waals surface area (Å²) >= 11 is 0.825. The summed E-state index contributed by atoms with van der Waals surface area (Å²) in [6.07, 6.45) is 1.68. The van der Waals surface area contributed by atoms with Crippen LogP contribution in [0, 0.1) is 0 Å². The Labute approximate surface area is 113 Å². The second-order valence-corrected chi connectivity index (χ2v) is 5.13. The van der Waals surface area contributed by atoms with Gasteiger partial charge in [0.1, 0.15) is 11.5 Å². The third-order valence-corrected chi connectivity index (χ3v) is 3.29. The highest BCUT2D eigenvalue weighted by Crippen LogP contribution is 2.27. The van der Waals surface area contributed by atoms with E-state index in [-0.39, 0.29) is 18.0 Å². The van der Waals surface area contributed by atoms with Crippen molar-refractivity contribution in [1.29, 1.82) is 0 Å². The molecule has 1 aromatic rings. The fourth-order valence-corrected chi connectivity index (χ4v) is 2.36. The van der Waals surface area contributed by atoms with Crippen LogP contribution in [0.4, 0.5) is 4.79 Å². The molecule has 2 amide bonds. The summed E-state index contributed by atoms with van der Waals surface area (Å²) in [5.74, 6) is -0.462. The Morgan fingerprint density at radius 3 is 2.74 bits per heavy atom. The van der Waals surface area contributed by atoms with Crippen molar-refractivity contribution in [3.8, 4) is 5.75 Å². The van der Waals surface area contributed by atoms with Crippen molar-refractivity contribution in [3.05, 3.63) is 34.2 Å². The van der Waals surface area contributed by atoms with Gasteiger partial charge in [0, 0.05) is 12.0 Å². The molecule has 6 heteroatoms. The van der Waals surface area contributed by atoms with E-state index in [0.717, 1.165) is 11.8 Å². The number of aromatic hydroxyl groups is 1. The number of phenols is 1. The second kappa shape index (κ2) is 5.27. The highest BCUT2D eigenvalue weighted by Gasteiger charge is 2.24. The lowest BCUT2D eigenvalue weighted by atomic mass is 10.0. The van der Waals surface area contributed by atoms with Gasteiger partial charge in [-0.1, -0.05) is 6.07 Å². The number of Topliss-reactive ketones (excluding diaryl/α,β-unsaturated/α-hetero) is 1. The number of benzene rings is 1. The largest absolute Gasteiger partial charge is 0.508 e. The molecule has 1 heterocycles. The Morgan fingerprint density at radius 1 is 1.42 bits per heavy atom. The fourth-order valence-electron chi connectivity index (χ4n) is 1.68. The third kappa shape index (κ3) is 3.23. The van der Waals surface area contributed by atoms with E-state index in [0.29, 0.717) is 16.0 Å². The first-order valence-corrected chi connectivity index (χ1v) is 6.33. The maximum Gasteiger partial charge on any atom is 0.290 e. The molecule has 19 heavy (non-hydrogen) atoms. The van der Waals surface area contributed by atoms with Crippen molar-refractivity contribution < 1.29 is 19.5 Å². The molecule has 2 rings (SSSR count). The molecule has 0 bridgehead atoms. The van der Waals surface area contributed by atoms with Gasteiger partial charge < -0.3 is 5.11 Å². The van der Waals surface area contributed by atoms with Crippen LogP contribution in [0.3, 0.4) is 0 Å². The fraction of sp³-hybridized carbons (Fsp3) is 0.154. The SMILES string of the molecule is CC(=O)Cc1cc(/C=C2/SC(=O)NC2=O)ccc1O. The van der Waals surface area contributed by atoms with Gasteiger partial charge in [-0.2, -0.15) is 0 Å². The Kier molecular flexibility index (Phi) is 3.71. The molecular weight excluding hydrogens is 266 g/mol. The number of hydrogen-bond donors (Lipinski definition) is 2. The van der Waals surface area contributed by atoms with Gasteiger partial charge in [-0.3, -0.25) is 19.7 Å². The number of thioether (sulfide) groups is 1. The molecule has 1 fully saturated rings. The van der Waals surface area contributed by atoms with Crippen LogP contribution < -0.4 is 5.32 Å². The van der Waals surface area contributed by atoms with Gasteiger partial charge in [-0.25, -0.2) is 0 Å². The number of hydrogen-bond acceptors (Lipinski definition) is 5. The number of carbonyl (C=O) groups excluding carboxylic acids is 3. The van der Waals surface area contributed by atoms with Crippen LogP contribution in [0.5, 0.6) is 5.75 Å². The molecular formula is C13H11NO4S. The lowest BCUT2D eigenvalue weighted by Crippen LogP contribution is -2.17. The maximum absolute atomic E-state index is 11.4. The van der Waals surface area contributed by atoms with E-state index in [2.05, 4.69) is 5.32 Å². The minimum atomic E-state index is -0.434. The van der Waals surface area contributed by atoms with Crippen molar-refractivity contribution >= 4 is 34.8 Å². The van der Waals surface area contributed by atoms with Gasteiger partial charge in [-0.05, 0) is 42.5 Å². The lowest BCUT2D eigenvalue weighted by Gasteiger charge is -2.04. The van der Waals surface area contributed by atoms with Crippen LogP contribution in [0.15, 0.2) is 23.1 Å². The first-order chi connectivity index (χ1) is 8.95. The Balaban J connectivity index is 2.31. The van der Waals surface area contributed by atoms with Gasteiger partial charge in [0.25, 0.3) is 11.1 Å². The zero-order chi connectivity index (χ0) is 14.0. The molecule has 0 aromatic heterocycles. The summed E-state index contributed by atoms with van der Waals surface area (Å²) in [7, 11) is 0. The summed E-state index contributed by atoms with van der Waals surface area (Å²) in [4.78, 5) is 33.8. The van der Waals surface area contributed by atoms with E-state index in [9.17, 15) is 19.5 Å². The molecule has 0 unspecified atom stereocenters. The van der Waals surface area contributed by atoms with Gasteiger partial charge in [0.15, 0.2) is 0 Å². The van der Waals surface area contributed by atoms with E-state index in [1.807, 2.05) is 0 Å². The molecule has 0 aliphatic carbocycles. The number of phenolic OH excluding ortho intramolecular Hbond substituents is 1. The van der Waals surface area contributed by atoms with Crippen LogP contribution in [-0.4, -0.2) is 22.0 Å². The molecule has 0 spiro atoms. The molecule has 2 N–H and O–H groups in total. The van der Waals surface area contributed by atoms with E-state index >= 15 is 0 Å². The van der Waals surface area contributed by atoms with Gasteiger partial charge in [0.2, 0.25) is 0 Å². The molecule has 1 aromatic carbocycles. The molecule has 1 aliphatic rings. The number of rotatable bonds is 3. The minimum Gasteiger partial charge on any atom is -0.508 e. The summed E-state index contributed by atoms with van der Waals surface area (Å²) in [6, 6.07) is 4.70. The van der Waals surface area contributed by atoms with Crippen LogP contribution in [0.2, 0.25) is 0 Å². The third-order valence-electron chi connectivity index (χ3n) is 2.48. The van der Waals surface area contributed by atoms with E-state index < -0.39 is 11.1 Å². The van der Waals surface area contributed by atoms with Crippen LogP contribution in [0.25, 0.3) is 6.08 Å². The van der Waals surface area contributed by atoms with Crippen molar-refractivity contribution in [2.45, 2.75) is 13.3 Å². The maximum atomic E-state index is 11.4. The number of ketones is 1. The minimum absolute atomic E-state index is 0.0388. The highest BCUT2D eigenvalue weighted by molar-refractivity contribution is 8.18. The van der Waals surface area contributed by atoms with Gasteiger partial charge in [0.05, 0.1) is 4.91 Å². The van der Waals surface area contributed by atoms with Crippen molar-refractivity contribution in [2.24, 2.45) is 0 Å². The average molecular weight is 277 g/mol. The van der Waals surface area contributed by atoms with Crippen molar-refractivity contribution in [3.63, 3.8) is 0 Å². The molecule has 5 nitrogen and oxygen atoms in total. The van der Waals surface area contributed by atoms with E-state index in [1.165, 1.54) is 13.0 Å². The van der Waals surface area contributed by atoms with Crippen LogP contribution in [-0.2, 0) is 16.0 Å². The molecule has 0 atom stereocenters. The topological polar surface area (TPSA) is 83.5 Å². The Bertz CT molecular complexity index is 607. The number of nitrogens with one attached hydrogen (secondary N) is 1. The second-order valence-electron chi connectivity index (χ2n) is 4.12. The van der Waals surface area contributed by atoms with Crippen molar-refractivity contribution in [1.82, 2.24) is 5.32 Å². The van der Waals surface area contributed by atoms with Gasteiger partial charge in [-0.15, -0.1) is 0 Å². The predicted octanol–water partition coefficient (Wildman–Crippen LogP) is 1.85.